The van der Waals surface area contributed by atoms with Crippen LogP contribution in [0.25, 0.3) is 0 Å². The van der Waals surface area contributed by atoms with E-state index >= 15 is 0 Å². The van der Waals surface area contributed by atoms with Crippen LogP contribution in [-0.2, 0) is 0 Å². The minimum Gasteiger partial charge on any atom is -0.390 e. The molecule has 1 aliphatic carbocycles. The lowest BCUT2D eigenvalue weighted by atomic mass is 9.93. The van der Waals surface area contributed by atoms with E-state index in [-0.39, 0.29) is 4.99 Å². The Hall–Kier alpha value is -0.840. The highest BCUT2D eigenvalue weighted by molar-refractivity contribution is 7.80. The van der Waals surface area contributed by atoms with Gasteiger partial charge in [0.05, 0.1) is 10.6 Å². The van der Waals surface area contributed by atoms with Crippen LogP contribution in [0.4, 0.5) is 13.2 Å². The first-order valence-electron chi connectivity index (χ1n) is 4.09. The smallest absolute Gasteiger partial charge is 0.390 e. The van der Waals surface area contributed by atoms with E-state index in [1.165, 1.54) is 6.92 Å². The molecule has 0 aliphatic heterocycles. The van der Waals surface area contributed by atoms with E-state index in [0.29, 0.717) is 24.0 Å². The fourth-order valence-corrected chi connectivity index (χ4v) is 1.51. The van der Waals surface area contributed by atoms with Crippen molar-refractivity contribution in [2.45, 2.75) is 25.9 Å². The molecule has 0 spiro atoms. The van der Waals surface area contributed by atoms with E-state index in [9.17, 15) is 13.2 Å². The maximum absolute atomic E-state index is 12.4. The average molecular weight is 221 g/mol. The standard InChI is InChI=1S/C9H10F3NS/c1-5-2-3-6(8(13)14)4-7(5)9(10,11)12/h4H,2-3H2,1H3,(H2,13,14). The van der Waals surface area contributed by atoms with Crippen molar-refractivity contribution in [3.63, 3.8) is 0 Å². The van der Waals surface area contributed by atoms with Crippen molar-refractivity contribution in [3.05, 3.63) is 22.8 Å². The van der Waals surface area contributed by atoms with Gasteiger partial charge in [0.25, 0.3) is 0 Å². The third-order valence-corrected chi connectivity index (χ3v) is 2.43. The van der Waals surface area contributed by atoms with Gasteiger partial charge in [0, 0.05) is 0 Å². The molecule has 0 aromatic rings. The molecule has 5 heteroatoms. The molecule has 0 fully saturated rings. The molecule has 0 aromatic heterocycles. The molecule has 1 aliphatic rings. The van der Waals surface area contributed by atoms with Crippen molar-refractivity contribution in [1.82, 2.24) is 0 Å². The summed E-state index contributed by atoms with van der Waals surface area (Å²) in [6.07, 6.45) is -2.37. The Morgan fingerprint density at radius 3 is 2.43 bits per heavy atom. The first kappa shape index (κ1) is 11.2. The van der Waals surface area contributed by atoms with Crippen LogP contribution in [0.2, 0.25) is 0 Å². The highest BCUT2D eigenvalue weighted by atomic mass is 32.1. The van der Waals surface area contributed by atoms with Gasteiger partial charge >= 0.3 is 6.18 Å². The van der Waals surface area contributed by atoms with E-state index in [1.54, 1.807) is 0 Å². The first-order chi connectivity index (χ1) is 6.32. The summed E-state index contributed by atoms with van der Waals surface area (Å²) in [5.41, 5.74) is 5.45. The third-order valence-electron chi connectivity index (χ3n) is 2.17. The van der Waals surface area contributed by atoms with Crippen molar-refractivity contribution in [1.29, 1.82) is 0 Å². The van der Waals surface area contributed by atoms with Crippen LogP contribution in [0.15, 0.2) is 22.8 Å². The van der Waals surface area contributed by atoms with Gasteiger partial charge in [0.15, 0.2) is 0 Å². The molecule has 78 valence electrons. The number of alkyl halides is 3. The second-order valence-corrected chi connectivity index (χ2v) is 3.67. The van der Waals surface area contributed by atoms with E-state index in [4.69, 9.17) is 5.73 Å². The second kappa shape index (κ2) is 3.73. The van der Waals surface area contributed by atoms with Gasteiger partial charge in [-0.1, -0.05) is 17.8 Å². The number of allylic oxidation sites excluding steroid dienone is 3. The monoisotopic (exact) mass is 221 g/mol. The predicted molar refractivity (Wildman–Crippen MR) is 52.9 cm³/mol. The molecule has 0 aromatic carbocycles. The van der Waals surface area contributed by atoms with E-state index in [1.807, 2.05) is 0 Å². The Bertz CT molecular complexity index is 325. The summed E-state index contributed by atoms with van der Waals surface area (Å²) >= 11 is 4.65. The maximum Gasteiger partial charge on any atom is 0.416 e. The number of thiocarbonyl (C=S) groups is 1. The van der Waals surface area contributed by atoms with Crippen LogP contribution < -0.4 is 5.73 Å². The molecule has 0 heterocycles. The van der Waals surface area contributed by atoms with Gasteiger partial charge in [-0.3, -0.25) is 0 Å². The minimum absolute atomic E-state index is 0.0549. The number of nitrogens with two attached hydrogens (primary N) is 1. The summed E-state index contributed by atoms with van der Waals surface area (Å²) < 4.78 is 37.3. The summed E-state index contributed by atoms with van der Waals surface area (Å²) in [7, 11) is 0. The Kier molecular flexibility index (Phi) is 2.99. The maximum atomic E-state index is 12.4. The van der Waals surface area contributed by atoms with Crippen molar-refractivity contribution in [2.75, 3.05) is 0 Å². The molecule has 14 heavy (non-hydrogen) atoms. The number of halogens is 3. The summed E-state index contributed by atoms with van der Waals surface area (Å²) in [5.74, 6) is 0. The summed E-state index contributed by atoms with van der Waals surface area (Å²) in [6, 6.07) is 0. The topological polar surface area (TPSA) is 26.0 Å². The molecule has 0 atom stereocenters. The molecule has 1 nitrogen and oxygen atoms in total. The van der Waals surface area contributed by atoms with Gasteiger partial charge in [-0.2, -0.15) is 13.2 Å². The highest BCUT2D eigenvalue weighted by Gasteiger charge is 2.35. The van der Waals surface area contributed by atoms with Crippen LogP contribution in [0.3, 0.4) is 0 Å². The molecule has 0 unspecified atom stereocenters. The second-order valence-electron chi connectivity index (χ2n) is 3.23. The van der Waals surface area contributed by atoms with E-state index in [0.717, 1.165) is 6.08 Å². The third kappa shape index (κ3) is 2.35. The predicted octanol–water partition coefficient (Wildman–Crippen LogP) is 2.87. The van der Waals surface area contributed by atoms with Crippen LogP contribution in [0.1, 0.15) is 19.8 Å². The number of hydrogen-bond acceptors (Lipinski definition) is 1. The fourth-order valence-electron chi connectivity index (χ4n) is 1.34. The molecular weight excluding hydrogens is 211 g/mol. The van der Waals surface area contributed by atoms with Crippen molar-refractivity contribution in [2.24, 2.45) is 5.73 Å². The van der Waals surface area contributed by atoms with Gasteiger partial charge in [-0.25, -0.2) is 0 Å². The average Bonchev–Trinajstić information content (AvgIpc) is 2.02. The Balaban J connectivity index is 3.09. The summed E-state index contributed by atoms with van der Waals surface area (Å²) in [5, 5.41) is 0. The molecule has 0 radical (unpaired) electrons. The largest absolute Gasteiger partial charge is 0.416 e. The molecule has 2 N–H and O–H groups in total. The Labute approximate surface area is 85.5 Å². The SMILES string of the molecule is CC1=C(C(F)(F)F)C=C(C(N)=S)CC1. The molecular formula is C9H10F3NS. The van der Waals surface area contributed by atoms with Crippen LogP contribution in [-0.4, -0.2) is 11.2 Å². The van der Waals surface area contributed by atoms with Gasteiger partial charge in [-0.15, -0.1) is 0 Å². The Morgan fingerprint density at radius 2 is 2.00 bits per heavy atom. The fraction of sp³-hybridized carbons (Fsp3) is 0.444. The van der Waals surface area contributed by atoms with Crippen LogP contribution in [0, 0.1) is 0 Å². The Morgan fingerprint density at radius 1 is 1.43 bits per heavy atom. The molecule has 0 amide bonds. The van der Waals surface area contributed by atoms with Gasteiger partial charge in [-0.05, 0) is 31.4 Å². The first-order valence-corrected chi connectivity index (χ1v) is 4.50. The summed E-state index contributed by atoms with van der Waals surface area (Å²) in [6.45, 7) is 1.48. The van der Waals surface area contributed by atoms with Crippen LogP contribution >= 0.6 is 12.2 Å². The lowest BCUT2D eigenvalue weighted by Crippen LogP contribution is -2.19. The van der Waals surface area contributed by atoms with E-state index in [2.05, 4.69) is 12.2 Å². The van der Waals surface area contributed by atoms with Gasteiger partial charge in [0.1, 0.15) is 0 Å². The molecule has 1 rings (SSSR count). The van der Waals surface area contributed by atoms with Gasteiger partial charge in [0.2, 0.25) is 0 Å². The zero-order valence-electron chi connectivity index (χ0n) is 7.61. The van der Waals surface area contributed by atoms with E-state index < -0.39 is 11.7 Å². The summed E-state index contributed by atoms with van der Waals surface area (Å²) in [4.78, 5) is 0.0549. The molecule has 0 saturated carbocycles. The van der Waals surface area contributed by atoms with Crippen molar-refractivity contribution < 1.29 is 13.2 Å². The normalized spacial score (nSPS) is 18.1. The van der Waals surface area contributed by atoms with Crippen molar-refractivity contribution >= 4 is 17.2 Å². The number of hydrogen-bond donors (Lipinski definition) is 1. The molecule has 0 bridgehead atoms. The van der Waals surface area contributed by atoms with Gasteiger partial charge < -0.3 is 5.73 Å². The zero-order chi connectivity index (χ0) is 10.9. The quantitative estimate of drug-likeness (QED) is 0.689. The minimum atomic E-state index is -4.31. The lowest BCUT2D eigenvalue weighted by Gasteiger charge is -2.19. The lowest BCUT2D eigenvalue weighted by molar-refractivity contribution is -0.0893. The van der Waals surface area contributed by atoms with Crippen LogP contribution in [0.5, 0.6) is 0 Å². The van der Waals surface area contributed by atoms with Crippen molar-refractivity contribution in [3.8, 4) is 0 Å². The molecule has 0 saturated heterocycles. The number of rotatable bonds is 1. The zero-order valence-corrected chi connectivity index (χ0v) is 8.43. The highest BCUT2D eigenvalue weighted by Crippen LogP contribution is 2.35.